The van der Waals surface area contributed by atoms with Crippen LogP contribution in [0.15, 0.2) is 30.3 Å². The smallest absolute Gasteiger partial charge is 0.195 e. The van der Waals surface area contributed by atoms with Gasteiger partial charge in [-0.3, -0.25) is 4.79 Å². The van der Waals surface area contributed by atoms with Gasteiger partial charge < -0.3 is 23.7 Å². The molecule has 0 N–H and O–H groups in total. The standard InChI is InChI=1S/C19H26O6/c1-18(2)22-11-14(24-18)16(20)17(15-12-23-19(3,4)25-15)21-10-13-8-6-5-7-9-13/h5-9,14-15,17H,10-12H2,1-4H3/t14-,15-,17-/m1/s1. The van der Waals surface area contributed by atoms with Gasteiger partial charge in [0, 0.05) is 0 Å². The molecule has 1 aromatic carbocycles. The molecule has 0 amide bonds. The average molecular weight is 350 g/mol. The van der Waals surface area contributed by atoms with Gasteiger partial charge in [0.2, 0.25) is 0 Å². The lowest BCUT2D eigenvalue weighted by molar-refractivity contribution is -0.176. The van der Waals surface area contributed by atoms with Crippen LogP contribution < -0.4 is 0 Å². The number of benzene rings is 1. The second kappa shape index (κ2) is 7.13. The van der Waals surface area contributed by atoms with E-state index < -0.39 is 29.9 Å². The highest BCUT2D eigenvalue weighted by atomic mass is 16.8. The molecule has 6 heteroatoms. The van der Waals surface area contributed by atoms with E-state index in [9.17, 15) is 4.79 Å². The van der Waals surface area contributed by atoms with Crippen LogP contribution in [0.1, 0.15) is 33.3 Å². The van der Waals surface area contributed by atoms with Crippen molar-refractivity contribution < 1.29 is 28.5 Å². The highest BCUT2D eigenvalue weighted by molar-refractivity contribution is 5.88. The lowest BCUT2D eigenvalue weighted by Gasteiger charge is -2.25. The quantitative estimate of drug-likeness (QED) is 0.785. The Labute approximate surface area is 148 Å². The number of ketones is 1. The van der Waals surface area contributed by atoms with Gasteiger partial charge in [-0.15, -0.1) is 0 Å². The fourth-order valence-electron chi connectivity index (χ4n) is 3.01. The van der Waals surface area contributed by atoms with Crippen LogP contribution in [0.3, 0.4) is 0 Å². The first-order valence-electron chi connectivity index (χ1n) is 8.59. The van der Waals surface area contributed by atoms with Gasteiger partial charge in [0.25, 0.3) is 0 Å². The molecule has 0 saturated carbocycles. The first kappa shape index (κ1) is 18.5. The van der Waals surface area contributed by atoms with E-state index in [-0.39, 0.29) is 12.4 Å². The summed E-state index contributed by atoms with van der Waals surface area (Å²) in [6.45, 7) is 8.06. The van der Waals surface area contributed by atoms with Crippen LogP contribution in [-0.4, -0.2) is 48.9 Å². The number of carbonyl (C=O) groups is 1. The maximum absolute atomic E-state index is 13.0. The normalized spacial score (nSPS) is 28.8. The molecule has 0 bridgehead atoms. The van der Waals surface area contributed by atoms with Gasteiger partial charge >= 0.3 is 0 Å². The molecule has 2 fully saturated rings. The van der Waals surface area contributed by atoms with Crippen molar-refractivity contribution in [1.29, 1.82) is 0 Å². The van der Waals surface area contributed by atoms with E-state index in [2.05, 4.69) is 0 Å². The number of ether oxygens (including phenoxy) is 5. The molecule has 0 spiro atoms. The third-order valence-corrected chi connectivity index (χ3v) is 4.25. The topological polar surface area (TPSA) is 63.2 Å². The van der Waals surface area contributed by atoms with Gasteiger partial charge in [-0.1, -0.05) is 30.3 Å². The molecule has 1 aromatic rings. The summed E-state index contributed by atoms with van der Waals surface area (Å²) in [4.78, 5) is 13.0. The number of rotatable bonds is 6. The zero-order valence-corrected chi connectivity index (χ0v) is 15.2. The Morgan fingerprint density at radius 1 is 1.08 bits per heavy atom. The number of hydrogen-bond donors (Lipinski definition) is 0. The average Bonchev–Trinajstić information content (AvgIpc) is 3.10. The summed E-state index contributed by atoms with van der Waals surface area (Å²) in [6, 6.07) is 9.72. The Balaban J connectivity index is 1.71. The number of hydrogen-bond acceptors (Lipinski definition) is 6. The van der Waals surface area contributed by atoms with Crippen LogP contribution in [0.25, 0.3) is 0 Å². The number of carbonyl (C=O) groups excluding carboxylic acids is 1. The first-order chi connectivity index (χ1) is 11.8. The minimum atomic E-state index is -0.774. The third kappa shape index (κ3) is 4.65. The van der Waals surface area contributed by atoms with Crippen LogP contribution in [-0.2, 0) is 35.1 Å². The molecule has 2 aliphatic heterocycles. The van der Waals surface area contributed by atoms with E-state index in [1.807, 2.05) is 44.2 Å². The van der Waals surface area contributed by atoms with E-state index in [1.165, 1.54) is 0 Å². The van der Waals surface area contributed by atoms with Crippen molar-refractivity contribution in [2.45, 2.75) is 64.2 Å². The third-order valence-electron chi connectivity index (χ3n) is 4.25. The van der Waals surface area contributed by atoms with Gasteiger partial charge in [0.1, 0.15) is 18.3 Å². The minimum Gasteiger partial charge on any atom is -0.363 e. The zero-order valence-electron chi connectivity index (χ0n) is 15.2. The summed E-state index contributed by atoms with van der Waals surface area (Å²) in [5.41, 5.74) is 0.988. The van der Waals surface area contributed by atoms with E-state index in [0.717, 1.165) is 5.56 Å². The van der Waals surface area contributed by atoms with E-state index in [4.69, 9.17) is 23.7 Å². The van der Waals surface area contributed by atoms with Crippen molar-refractivity contribution in [1.82, 2.24) is 0 Å². The molecule has 0 unspecified atom stereocenters. The molecule has 6 nitrogen and oxygen atoms in total. The summed E-state index contributed by atoms with van der Waals surface area (Å²) < 4.78 is 28.7. The van der Waals surface area contributed by atoms with Crippen LogP contribution in [0.2, 0.25) is 0 Å². The van der Waals surface area contributed by atoms with Crippen LogP contribution in [0, 0.1) is 0 Å². The number of Topliss-reactive ketones (excluding diaryl/α,β-unsaturated/α-hetero) is 1. The fourth-order valence-corrected chi connectivity index (χ4v) is 3.01. The first-order valence-corrected chi connectivity index (χ1v) is 8.59. The molecular formula is C19H26O6. The Kier molecular flexibility index (Phi) is 5.27. The Morgan fingerprint density at radius 2 is 1.72 bits per heavy atom. The highest BCUT2D eigenvalue weighted by Crippen LogP contribution is 2.29. The van der Waals surface area contributed by atoms with Gasteiger partial charge in [-0.25, -0.2) is 0 Å². The van der Waals surface area contributed by atoms with Crippen molar-refractivity contribution in [3.05, 3.63) is 35.9 Å². The summed E-state index contributed by atoms with van der Waals surface area (Å²) in [5, 5.41) is 0. The van der Waals surface area contributed by atoms with Gasteiger partial charge in [-0.2, -0.15) is 0 Å². The molecule has 0 radical (unpaired) electrons. The van der Waals surface area contributed by atoms with E-state index in [0.29, 0.717) is 13.2 Å². The fraction of sp³-hybridized carbons (Fsp3) is 0.632. The lowest BCUT2D eigenvalue weighted by atomic mass is 10.1. The van der Waals surface area contributed by atoms with Crippen molar-refractivity contribution in [3.63, 3.8) is 0 Å². The summed E-state index contributed by atoms with van der Waals surface area (Å²) in [5.74, 6) is -1.67. The molecule has 3 rings (SSSR count). The summed E-state index contributed by atoms with van der Waals surface area (Å²) in [6.07, 6.45) is -1.91. The zero-order chi connectivity index (χ0) is 18.1. The lowest BCUT2D eigenvalue weighted by Crippen LogP contribution is -2.45. The van der Waals surface area contributed by atoms with Crippen molar-refractivity contribution >= 4 is 5.78 Å². The Bertz CT molecular complexity index is 597. The molecule has 2 heterocycles. The molecule has 2 aliphatic rings. The monoisotopic (exact) mass is 350 g/mol. The predicted octanol–water partition coefficient (Wildman–Crippen LogP) is 2.44. The largest absolute Gasteiger partial charge is 0.363 e. The van der Waals surface area contributed by atoms with Crippen molar-refractivity contribution in [3.8, 4) is 0 Å². The SMILES string of the molecule is CC1(C)OC[C@H](C(=O)[C@H](OCc2ccccc2)[C@H]2COC(C)(C)O2)O1. The molecule has 0 aromatic heterocycles. The molecule has 0 aliphatic carbocycles. The van der Waals surface area contributed by atoms with E-state index >= 15 is 0 Å². The molecule has 138 valence electrons. The van der Waals surface area contributed by atoms with Crippen LogP contribution in [0.5, 0.6) is 0 Å². The van der Waals surface area contributed by atoms with Crippen molar-refractivity contribution in [2.24, 2.45) is 0 Å². The van der Waals surface area contributed by atoms with Crippen molar-refractivity contribution in [2.75, 3.05) is 13.2 Å². The van der Waals surface area contributed by atoms with Crippen LogP contribution in [0.4, 0.5) is 0 Å². The Morgan fingerprint density at radius 3 is 2.28 bits per heavy atom. The van der Waals surface area contributed by atoms with Crippen LogP contribution >= 0.6 is 0 Å². The van der Waals surface area contributed by atoms with E-state index in [1.54, 1.807) is 13.8 Å². The summed E-state index contributed by atoms with van der Waals surface area (Å²) in [7, 11) is 0. The summed E-state index contributed by atoms with van der Waals surface area (Å²) >= 11 is 0. The predicted molar refractivity (Wildman–Crippen MR) is 89.8 cm³/mol. The highest BCUT2D eigenvalue weighted by Gasteiger charge is 2.46. The van der Waals surface area contributed by atoms with Gasteiger partial charge in [0.15, 0.2) is 17.4 Å². The Hall–Kier alpha value is -1.31. The molecule has 25 heavy (non-hydrogen) atoms. The minimum absolute atomic E-state index is 0.173. The molecular weight excluding hydrogens is 324 g/mol. The second-order valence-electron chi connectivity index (χ2n) is 7.30. The van der Waals surface area contributed by atoms with Gasteiger partial charge in [0.05, 0.1) is 19.8 Å². The maximum Gasteiger partial charge on any atom is 0.195 e. The molecule has 3 atom stereocenters. The second-order valence-corrected chi connectivity index (χ2v) is 7.30. The van der Waals surface area contributed by atoms with Gasteiger partial charge in [-0.05, 0) is 33.3 Å². The maximum atomic E-state index is 13.0. The molecule has 2 saturated heterocycles.